The van der Waals surface area contributed by atoms with Crippen LogP contribution < -0.4 is 0 Å². The summed E-state index contributed by atoms with van der Waals surface area (Å²) < 4.78 is 0.966. The maximum Gasteiger partial charge on any atom is 0.207 e. The SMILES string of the molecule is O=C(/C=C/c1ccc(Br)cc1)c1ncc(Cl)cc1O. The molecule has 2 rings (SSSR count). The third kappa shape index (κ3) is 3.66. The van der Waals surface area contributed by atoms with Gasteiger partial charge in [0.25, 0.3) is 0 Å². The molecule has 0 radical (unpaired) electrons. The Morgan fingerprint density at radius 3 is 2.63 bits per heavy atom. The molecular formula is C14H9BrClNO2. The fraction of sp³-hybridized carbons (Fsp3) is 0. The number of hydrogen-bond acceptors (Lipinski definition) is 3. The average Bonchev–Trinajstić information content (AvgIpc) is 2.37. The molecule has 0 saturated heterocycles. The van der Waals surface area contributed by atoms with E-state index >= 15 is 0 Å². The van der Waals surface area contributed by atoms with E-state index in [1.54, 1.807) is 6.08 Å². The highest BCUT2D eigenvalue weighted by atomic mass is 79.9. The van der Waals surface area contributed by atoms with E-state index in [9.17, 15) is 9.90 Å². The van der Waals surface area contributed by atoms with Gasteiger partial charge in [0.05, 0.1) is 5.02 Å². The van der Waals surface area contributed by atoms with Gasteiger partial charge in [-0.2, -0.15) is 0 Å². The molecule has 0 amide bonds. The second-order valence-corrected chi connectivity index (χ2v) is 5.12. The normalized spacial score (nSPS) is 10.8. The first kappa shape index (κ1) is 13.8. The number of carbonyl (C=O) groups is 1. The van der Waals surface area contributed by atoms with Gasteiger partial charge in [-0.1, -0.05) is 45.7 Å². The fourth-order valence-corrected chi connectivity index (χ4v) is 1.86. The zero-order valence-corrected chi connectivity index (χ0v) is 12.0. The lowest BCUT2D eigenvalue weighted by Gasteiger charge is -1.99. The van der Waals surface area contributed by atoms with Crippen molar-refractivity contribution in [2.45, 2.75) is 0 Å². The fourth-order valence-electron chi connectivity index (χ4n) is 1.44. The van der Waals surface area contributed by atoms with E-state index < -0.39 is 0 Å². The summed E-state index contributed by atoms with van der Waals surface area (Å²) in [4.78, 5) is 15.7. The van der Waals surface area contributed by atoms with Crippen LogP contribution in [0.5, 0.6) is 5.75 Å². The summed E-state index contributed by atoms with van der Waals surface area (Å²) in [6.45, 7) is 0. The van der Waals surface area contributed by atoms with Crippen molar-refractivity contribution in [3.63, 3.8) is 0 Å². The molecule has 0 atom stereocenters. The first-order chi connectivity index (χ1) is 9.06. The van der Waals surface area contributed by atoms with Crippen molar-refractivity contribution in [2.24, 2.45) is 0 Å². The van der Waals surface area contributed by atoms with Crippen LogP contribution in [0.2, 0.25) is 5.02 Å². The Hall–Kier alpha value is -1.65. The van der Waals surface area contributed by atoms with Gasteiger partial charge in [-0.3, -0.25) is 4.79 Å². The quantitative estimate of drug-likeness (QED) is 0.677. The number of aromatic hydroxyl groups is 1. The van der Waals surface area contributed by atoms with Crippen molar-refractivity contribution in [3.8, 4) is 5.75 Å². The molecule has 0 bridgehead atoms. The van der Waals surface area contributed by atoms with E-state index in [-0.39, 0.29) is 22.2 Å². The minimum Gasteiger partial charge on any atom is -0.505 e. The predicted octanol–water partition coefficient (Wildman–Crippen LogP) is 4.10. The number of rotatable bonds is 3. The van der Waals surface area contributed by atoms with E-state index in [0.29, 0.717) is 0 Å². The Bertz CT molecular complexity index is 638. The minimum atomic E-state index is -0.378. The van der Waals surface area contributed by atoms with Gasteiger partial charge in [-0.05, 0) is 23.8 Å². The van der Waals surface area contributed by atoms with Crippen LogP contribution in [0, 0.1) is 0 Å². The topological polar surface area (TPSA) is 50.2 Å². The Morgan fingerprint density at radius 2 is 2.00 bits per heavy atom. The van der Waals surface area contributed by atoms with Crippen molar-refractivity contribution in [3.05, 3.63) is 63.4 Å². The highest BCUT2D eigenvalue weighted by Crippen LogP contribution is 2.20. The summed E-state index contributed by atoms with van der Waals surface area (Å²) >= 11 is 8.99. The second-order valence-electron chi connectivity index (χ2n) is 3.77. The number of allylic oxidation sites excluding steroid dienone is 1. The molecule has 1 heterocycles. The van der Waals surface area contributed by atoms with Crippen LogP contribution in [0.25, 0.3) is 6.08 Å². The minimum absolute atomic E-state index is 0.0160. The molecular weight excluding hydrogens is 330 g/mol. The molecule has 2 aromatic rings. The van der Waals surface area contributed by atoms with E-state index in [0.717, 1.165) is 10.0 Å². The number of aromatic nitrogens is 1. The highest BCUT2D eigenvalue weighted by Gasteiger charge is 2.10. The summed E-state index contributed by atoms with van der Waals surface area (Å²) in [6.07, 6.45) is 4.34. The molecule has 0 saturated carbocycles. The van der Waals surface area contributed by atoms with Gasteiger partial charge in [0.1, 0.15) is 5.75 Å². The van der Waals surface area contributed by atoms with Gasteiger partial charge < -0.3 is 5.11 Å². The molecule has 0 fully saturated rings. The van der Waals surface area contributed by atoms with Crippen LogP contribution >= 0.6 is 27.5 Å². The van der Waals surface area contributed by atoms with Crippen molar-refractivity contribution >= 4 is 39.4 Å². The number of carbonyl (C=O) groups excluding carboxylic acids is 1. The van der Waals surface area contributed by atoms with Gasteiger partial charge in [0, 0.05) is 16.7 Å². The molecule has 0 aliphatic rings. The first-order valence-corrected chi connectivity index (χ1v) is 6.56. The summed E-state index contributed by atoms with van der Waals surface area (Å²) in [5.74, 6) is -0.602. The molecule has 19 heavy (non-hydrogen) atoms. The maximum absolute atomic E-state index is 11.9. The molecule has 1 aromatic carbocycles. The molecule has 96 valence electrons. The van der Waals surface area contributed by atoms with Crippen LogP contribution in [-0.4, -0.2) is 15.9 Å². The molecule has 5 heteroatoms. The van der Waals surface area contributed by atoms with Crippen LogP contribution in [-0.2, 0) is 0 Å². The van der Waals surface area contributed by atoms with Crippen LogP contribution in [0.4, 0.5) is 0 Å². The van der Waals surface area contributed by atoms with E-state index in [2.05, 4.69) is 20.9 Å². The number of hydrogen-bond donors (Lipinski definition) is 1. The lowest BCUT2D eigenvalue weighted by atomic mass is 10.1. The first-order valence-electron chi connectivity index (χ1n) is 5.39. The summed E-state index contributed by atoms with van der Waals surface area (Å²) in [5.41, 5.74) is 0.864. The average molecular weight is 339 g/mol. The number of halogens is 2. The summed E-state index contributed by atoms with van der Waals surface area (Å²) in [5, 5.41) is 9.87. The van der Waals surface area contributed by atoms with Crippen molar-refractivity contribution in [1.29, 1.82) is 0 Å². The molecule has 0 spiro atoms. The Morgan fingerprint density at radius 1 is 1.32 bits per heavy atom. The zero-order chi connectivity index (χ0) is 13.8. The van der Waals surface area contributed by atoms with Gasteiger partial charge in [-0.15, -0.1) is 0 Å². The van der Waals surface area contributed by atoms with E-state index in [1.807, 2.05) is 24.3 Å². The standard InChI is InChI=1S/C14H9BrClNO2/c15-10-4-1-9(2-5-10)3-6-12(18)14-13(19)7-11(16)8-17-14/h1-8,19H/b6-3+. The van der Waals surface area contributed by atoms with E-state index in [4.69, 9.17) is 11.6 Å². The Labute approximate surface area is 123 Å². The lowest BCUT2D eigenvalue weighted by Crippen LogP contribution is -1.98. The van der Waals surface area contributed by atoms with Crippen molar-refractivity contribution in [1.82, 2.24) is 4.98 Å². The largest absolute Gasteiger partial charge is 0.505 e. The van der Waals surface area contributed by atoms with Crippen LogP contribution in [0.3, 0.4) is 0 Å². The molecule has 0 aliphatic heterocycles. The van der Waals surface area contributed by atoms with Gasteiger partial charge in [0.2, 0.25) is 5.78 Å². The summed E-state index contributed by atoms with van der Waals surface area (Å²) in [6, 6.07) is 8.77. The number of ketones is 1. The second kappa shape index (κ2) is 5.99. The smallest absolute Gasteiger partial charge is 0.207 e. The van der Waals surface area contributed by atoms with Crippen molar-refractivity contribution < 1.29 is 9.90 Å². The third-order valence-corrected chi connectivity index (χ3v) is 3.10. The number of benzene rings is 1. The van der Waals surface area contributed by atoms with Crippen molar-refractivity contribution in [2.75, 3.05) is 0 Å². The summed E-state index contributed by atoms with van der Waals surface area (Å²) in [7, 11) is 0. The number of nitrogens with zero attached hydrogens (tertiary/aromatic N) is 1. The van der Waals surface area contributed by atoms with Gasteiger partial charge in [-0.25, -0.2) is 4.98 Å². The third-order valence-electron chi connectivity index (χ3n) is 2.36. The molecule has 0 aliphatic carbocycles. The van der Waals surface area contributed by atoms with Crippen LogP contribution in [0.15, 0.2) is 47.1 Å². The predicted molar refractivity (Wildman–Crippen MR) is 78.4 cm³/mol. The van der Waals surface area contributed by atoms with E-state index in [1.165, 1.54) is 18.3 Å². The molecule has 1 aromatic heterocycles. The zero-order valence-electron chi connectivity index (χ0n) is 9.68. The maximum atomic E-state index is 11.9. The lowest BCUT2D eigenvalue weighted by molar-refractivity contribution is 0.104. The Kier molecular flexibility index (Phi) is 4.35. The molecule has 0 unspecified atom stereocenters. The molecule has 3 nitrogen and oxygen atoms in total. The van der Waals surface area contributed by atoms with Gasteiger partial charge in [0.15, 0.2) is 5.69 Å². The van der Waals surface area contributed by atoms with Gasteiger partial charge >= 0.3 is 0 Å². The number of pyridine rings is 1. The Balaban J connectivity index is 2.18. The molecule has 1 N–H and O–H groups in total. The van der Waals surface area contributed by atoms with Crippen LogP contribution in [0.1, 0.15) is 16.1 Å². The monoisotopic (exact) mass is 337 g/mol. The highest BCUT2D eigenvalue weighted by molar-refractivity contribution is 9.10.